The molecule has 0 unspecified atom stereocenters. The van der Waals surface area contributed by atoms with Crippen molar-refractivity contribution in [3.8, 4) is 0 Å². The van der Waals surface area contributed by atoms with Crippen LogP contribution in [0.2, 0.25) is 0 Å². The molecule has 70 valence electrons. The van der Waals surface area contributed by atoms with Gasteiger partial charge in [0, 0.05) is 12.4 Å². The number of carbonyl (C=O) groups is 1. The highest BCUT2D eigenvalue weighted by Crippen LogP contribution is 1.94. The molecule has 5 nitrogen and oxygen atoms in total. The molecule has 5 heteroatoms. The molecule has 1 N–H and O–H groups in total. The van der Waals surface area contributed by atoms with Crippen molar-refractivity contribution in [1.29, 1.82) is 0 Å². The topological polar surface area (TPSA) is 72.3 Å². The summed E-state index contributed by atoms with van der Waals surface area (Å²) in [5.41, 5.74) is 0.938. The van der Waals surface area contributed by atoms with E-state index < -0.39 is 5.97 Å². The van der Waals surface area contributed by atoms with Crippen molar-refractivity contribution in [2.45, 2.75) is 6.42 Å². The third-order valence-corrected chi connectivity index (χ3v) is 1.37. The Morgan fingerprint density at radius 3 is 2.77 bits per heavy atom. The van der Waals surface area contributed by atoms with Crippen LogP contribution in [0, 0.1) is 0 Å². The second-order valence-corrected chi connectivity index (χ2v) is 2.44. The van der Waals surface area contributed by atoms with Crippen LogP contribution in [0.25, 0.3) is 0 Å². The van der Waals surface area contributed by atoms with Crippen LogP contribution in [-0.4, -0.2) is 34.3 Å². The molecule has 1 aromatic rings. The number of ether oxygens (including phenoxy) is 1. The maximum atomic E-state index is 10.1. The minimum atomic E-state index is -0.954. The number of carboxylic acid groups (broad SMARTS) is 1. The Bertz CT molecular complexity index is 263. The van der Waals surface area contributed by atoms with Gasteiger partial charge in [-0.1, -0.05) is 0 Å². The van der Waals surface area contributed by atoms with Gasteiger partial charge in [0.1, 0.15) is 12.9 Å². The van der Waals surface area contributed by atoms with Gasteiger partial charge < -0.3 is 9.84 Å². The van der Waals surface area contributed by atoms with E-state index in [9.17, 15) is 4.79 Å². The third-order valence-electron chi connectivity index (χ3n) is 1.37. The van der Waals surface area contributed by atoms with E-state index in [1.807, 2.05) is 0 Å². The molecule has 0 aliphatic heterocycles. The van der Waals surface area contributed by atoms with Gasteiger partial charge in [0.05, 0.1) is 6.61 Å². The third kappa shape index (κ3) is 4.17. The van der Waals surface area contributed by atoms with Crippen molar-refractivity contribution < 1.29 is 14.6 Å². The van der Waals surface area contributed by atoms with Crippen LogP contribution in [0.1, 0.15) is 5.56 Å². The Labute approximate surface area is 75.4 Å². The van der Waals surface area contributed by atoms with Gasteiger partial charge in [0.25, 0.3) is 0 Å². The number of hydrogen-bond donors (Lipinski definition) is 1. The number of nitrogens with zero attached hydrogens (tertiary/aromatic N) is 2. The summed E-state index contributed by atoms with van der Waals surface area (Å²) in [4.78, 5) is 17.7. The van der Waals surface area contributed by atoms with E-state index in [0.717, 1.165) is 5.56 Å². The van der Waals surface area contributed by atoms with E-state index in [1.54, 1.807) is 12.4 Å². The summed E-state index contributed by atoms with van der Waals surface area (Å²) in [6.45, 7) is 0.118. The molecule has 0 saturated heterocycles. The zero-order valence-corrected chi connectivity index (χ0v) is 7.01. The summed E-state index contributed by atoms with van der Waals surface area (Å²) in [5, 5.41) is 8.26. The van der Waals surface area contributed by atoms with Crippen molar-refractivity contribution in [2.24, 2.45) is 0 Å². The first kappa shape index (κ1) is 9.60. The smallest absolute Gasteiger partial charge is 0.329 e. The van der Waals surface area contributed by atoms with Crippen LogP contribution < -0.4 is 0 Å². The fourth-order valence-corrected chi connectivity index (χ4v) is 0.809. The lowest BCUT2D eigenvalue weighted by Gasteiger charge is -1.99. The van der Waals surface area contributed by atoms with E-state index in [1.165, 1.54) is 6.33 Å². The fourth-order valence-electron chi connectivity index (χ4n) is 0.809. The zero-order valence-electron chi connectivity index (χ0n) is 7.01. The molecule has 0 aliphatic rings. The van der Waals surface area contributed by atoms with Crippen LogP contribution in [0.3, 0.4) is 0 Å². The van der Waals surface area contributed by atoms with Gasteiger partial charge in [-0.25, -0.2) is 14.8 Å². The average molecular weight is 182 g/mol. The van der Waals surface area contributed by atoms with E-state index in [-0.39, 0.29) is 6.61 Å². The number of carboxylic acids is 1. The minimum absolute atomic E-state index is 0.256. The SMILES string of the molecule is O=C(O)COCCc1cncnc1. The molecule has 0 bridgehead atoms. The van der Waals surface area contributed by atoms with Crippen molar-refractivity contribution in [1.82, 2.24) is 9.97 Å². The molecule has 1 heterocycles. The van der Waals surface area contributed by atoms with E-state index in [0.29, 0.717) is 13.0 Å². The number of aromatic nitrogens is 2. The summed E-state index contributed by atoms with van der Waals surface area (Å²) >= 11 is 0. The van der Waals surface area contributed by atoms with E-state index in [2.05, 4.69) is 9.97 Å². The van der Waals surface area contributed by atoms with Crippen molar-refractivity contribution in [2.75, 3.05) is 13.2 Å². The normalized spacial score (nSPS) is 9.85. The largest absolute Gasteiger partial charge is 0.480 e. The lowest BCUT2D eigenvalue weighted by Crippen LogP contribution is -2.09. The maximum Gasteiger partial charge on any atom is 0.329 e. The fraction of sp³-hybridized carbons (Fsp3) is 0.375. The lowest BCUT2D eigenvalue weighted by molar-refractivity contribution is -0.142. The first-order chi connectivity index (χ1) is 6.29. The second-order valence-electron chi connectivity index (χ2n) is 2.44. The molecule has 0 atom stereocenters. The van der Waals surface area contributed by atoms with Gasteiger partial charge in [-0.05, 0) is 12.0 Å². The van der Waals surface area contributed by atoms with Gasteiger partial charge in [0.2, 0.25) is 0 Å². The summed E-state index contributed by atoms with van der Waals surface area (Å²) in [5.74, 6) is -0.954. The quantitative estimate of drug-likeness (QED) is 0.655. The highest BCUT2D eigenvalue weighted by molar-refractivity contribution is 5.67. The predicted octanol–water partition coefficient (Wildman–Crippen LogP) is 0.120. The zero-order chi connectivity index (χ0) is 9.52. The van der Waals surface area contributed by atoms with Gasteiger partial charge in [0.15, 0.2) is 0 Å². The minimum Gasteiger partial charge on any atom is -0.480 e. The van der Waals surface area contributed by atoms with Crippen LogP contribution >= 0.6 is 0 Å². The molecule has 0 spiro atoms. The Hall–Kier alpha value is -1.49. The van der Waals surface area contributed by atoms with Crippen molar-refractivity contribution in [3.05, 3.63) is 24.3 Å². The molecule has 0 aromatic carbocycles. The molecule has 0 fully saturated rings. The number of hydrogen-bond acceptors (Lipinski definition) is 4. The molecule has 13 heavy (non-hydrogen) atoms. The van der Waals surface area contributed by atoms with E-state index in [4.69, 9.17) is 9.84 Å². The van der Waals surface area contributed by atoms with Gasteiger partial charge in [-0.3, -0.25) is 0 Å². The monoisotopic (exact) mass is 182 g/mol. The highest BCUT2D eigenvalue weighted by Gasteiger charge is 1.96. The summed E-state index contributed by atoms with van der Waals surface area (Å²) in [7, 11) is 0. The Kier molecular flexibility index (Phi) is 3.84. The summed E-state index contributed by atoms with van der Waals surface area (Å²) in [6.07, 6.45) is 5.43. The molecule has 0 radical (unpaired) electrons. The summed E-state index contributed by atoms with van der Waals surface area (Å²) < 4.78 is 4.84. The van der Waals surface area contributed by atoms with Crippen LogP contribution in [0.15, 0.2) is 18.7 Å². The Balaban J connectivity index is 2.17. The second kappa shape index (κ2) is 5.21. The standard InChI is InChI=1S/C8H10N2O3/c11-8(12)5-13-2-1-7-3-9-6-10-4-7/h3-4,6H,1-2,5H2,(H,11,12). The van der Waals surface area contributed by atoms with E-state index >= 15 is 0 Å². The molecule has 0 aliphatic carbocycles. The molecule has 0 saturated carbocycles. The van der Waals surface area contributed by atoms with Crippen LogP contribution in [0.4, 0.5) is 0 Å². The Morgan fingerprint density at radius 1 is 1.46 bits per heavy atom. The van der Waals surface area contributed by atoms with Gasteiger partial charge in [-0.15, -0.1) is 0 Å². The lowest BCUT2D eigenvalue weighted by atomic mass is 10.3. The molecular weight excluding hydrogens is 172 g/mol. The molecule has 0 amide bonds. The van der Waals surface area contributed by atoms with Crippen LogP contribution in [-0.2, 0) is 16.0 Å². The first-order valence-corrected chi connectivity index (χ1v) is 3.82. The molecule has 1 aromatic heterocycles. The number of aliphatic carboxylic acids is 1. The maximum absolute atomic E-state index is 10.1. The first-order valence-electron chi connectivity index (χ1n) is 3.82. The number of rotatable bonds is 5. The molecular formula is C8H10N2O3. The van der Waals surface area contributed by atoms with Crippen molar-refractivity contribution in [3.63, 3.8) is 0 Å². The Morgan fingerprint density at radius 2 is 2.15 bits per heavy atom. The van der Waals surface area contributed by atoms with Crippen molar-refractivity contribution >= 4 is 5.97 Å². The summed E-state index contributed by atoms with van der Waals surface area (Å²) in [6, 6.07) is 0. The van der Waals surface area contributed by atoms with Gasteiger partial charge in [-0.2, -0.15) is 0 Å². The van der Waals surface area contributed by atoms with Crippen LogP contribution in [0.5, 0.6) is 0 Å². The van der Waals surface area contributed by atoms with Gasteiger partial charge >= 0.3 is 5.97 Å². The highest BCUT2D eigenvalue weighted by atomic mass is 16.5. The predicted molar refractivity (Wildman–Crippen MR) is 44.2 cm³/mol. The average Bonchev–Trinajstić information content (AvgIpc) is 2.14. The molecule has 1 rings (SSSR count).